The Morgan fingerprint density at radius 1 is 1.11 bits per heavy atom. The summed E-state index contributed by atoms with van der Waals surface area (Å²) in [4.78, 5) is 51.3. The first kappa shape index (κ1) is 18.9. The van der Waals surface area contributed by atoms with Gasteiger partial charge in [0.15, 0.2) is 0 Å². The maximum Gasteiger partial charge on any atom is 0.329 e. The van der Waals surface area contributed by atoms with Crippen LogP contribution in [0.4, 0.5) is 0 Å². The zero-order chi connectivity index (χ0) is 19.4. The number of aromatic nitrogens is 2. The van der Waals surface area contributed by atoms with Gasteiger partial charge in [0, 0.05) is 6.04 Å². The van der Waals surface area contributed by atoms with E-state index in [1.165, 1.54) is 0 Å². The number of para-hydroxylation sites is 1. The number of amides is 1. The van der Waals surface area contributed by atoms with E-state index in [0.29, 0.717) is 23.7 Å². The van der Waals surface area contributed by atoms with E-state index in [9.17, 15) is 24.3 Å². The number of aliphatic carboxylic acids is 1. The van der Waals surface area contributed by atoms with E-state index in [4.69, 9.17) is 0 Å². The van der Waals surface area contributed by atoms with E-state index >= 15 is 0 Å². The summed E-state index contributed by atoms with van der Waals surface area (Å²) in [6.07, 6.45) is 4.73. The highest BCUT2D eigenvalue weighted by Gasteiger charge is 2.30. The van der Waals surface area contributed by atoms with Gasteiger partial charge in [-0.15, -0.1) is 0 Å². The molecule has 2 atom stereocenters. The molecule has 0 aliphatic heterocycles. The van der Waals surface area contributed by atoms with Crippen LogP contribution in [0.5, 0.6) is 0 Å². The zero-order valence-corrected chi connectivity index (χ0v) is 14.9. The number of nitrogens with one attached hydrogen (secondary N) is 2. The molecule has 0 radical (unpaired) electrons. The van der Waals surface area contributed by atoms with Crippen LogP contribution in [0.2, 0.25) is 0 Å². The molecule has 0 saturated heterocycles. The Kier molecular flexibility index (Phi) is 5.73. The molecule has 0 spiro atoms. The fraction of sp³-hybridized carbons (Fsp3) is 0.474. The molecule has 1 saturated carbocycles. The second-order valence-corrected chi connectivity index (χ2v) is 6.98. The number of carbonyl (C=O) groups excluding carboxylic acids is 1. The van der Waals surface area contributed by atoms with Gasteiger partial charge in [0.25, 0.3) is 5.56 Å². The molecule has 1 aliphatic rings. The minimum atomic E-state index is -0.928. The van der Waals surface area contributed by atoms with Crippen LogP contribution >= 0.6 is 0 Å². The Morgan fingerprint density at radius 2 is 1.81 bits per heavy atom. The van der Waals surface area contributed by atoms with Crippen molar-refractivity contribution >= 4 is 22.8 Å². The second-order valence-electron chi connectivity index (χ2n) is 6.98. The third kappa shape index (κ3) is 4.27. The molecule has 3 N–H and O–H groups in total. The lowest BCUT2D eigenvalue weighted by atomic mass is 9.87. The summed E-state index contributed by atoms with van der Waals surface area (Å²) < 4.78 is 0.844. The van der Waals surface area contributed by atoms with Gasteiger partial charge in [-0.1, -0.05) is 37.8 Å². The van der Waals surface area contributed by atoms with Crippen molar-refractivity contribution in [3.63, 3.8) is 0 Å². The van der Waals surface area contributed by atoms with Crippen molar-refractivity contribution in [2.24, 2.45) is 5.92 Å². The molecule has 8 heteroatoms. The first-order valence-corrected chi connectivity index (χ1v) is 9.21. The van der Waals surface area contributed by atoms with Gasteiger partial charge in [-0.2, -0.15) is 0 Å². The van der Waals surface area contributed by atoms with Crippen LogP contribution in [0, 0.1) is 5.92 Å². The maximum absolute atomic E-state index is 12.5. The molecule has 3 rings (SSSR count). The number of nitrogens with zero attached hydrogens (tertiary/aromatic N) is 1. The Labute approximate surface area is 155 Å². The molecule has 1 amide bonds. The number of hydrogen-bond acceptors (Lipinski definition) is 4. The number of fused-ring (bicyclic) bond motifs is 1. The number of aromatic amines is 1. The van der Waals surface area contributed by atoms with Crippen LogP contribution < -0.4 is 16.6 Å². The number of benzene rings is 1. The summed E-state index contributed by atoms with van der Waals surface area (Å²) >= 11 is 0. The van der Waals surface area contributed by atoms with Crippen molar-refractivity contribution in [1.29, 1.82) is 0 Å². The van der Waals surface area contributed by atoms with Crippen molar-refractivity contribution in [3.8, 4) is 0 Å². The normalized spacial score (nSPS) is 20.6. The number of carboxylic acids is 1. The van der Waals surface area contributed by atoms with Gasteiger partial charge in [-0.25, -0.2) is 4.79 Å². The van der Waals surface area contributed by atoms with E-state index in [0.717, 1.165) is 30.3 Å². The smallest absolute Gasteiger partial charge is 0.329 e. The molecule has 8 nitrogen and oxygen atoms in total. The fourth-order valence-corrected chi connectivity index (χ4v) is 3.69. The topological polar surface area (TPSA) is 121 Å². The lowest BCUT2D eigenvalue weighted by Crippen LogP contribution is -2.47. The van der Waals surface area contributed by atoms with Gasteiger partial charge in [0.2, 0.25) is 5.91 Å². The highest BCUT2D eigenvalue weighted by Crippen LogP contribution is 2.23. The Morgan fingerprint density at radius 3 is 2.56 bits per heavy atom. The summed E-state index contributed by atoms with van der Waals surface area (Å²) in [5, 5.41) is 12.5. The Balaban J connectivity index is 1.80. The minimum absolute atomic E-state index is 0.319. The standard InChI is InChI=1S/C19H23N3O5/c23-16(20-15-9-4-2-1-3-8-13(15)18(25)26)11-22-17(24)12-7-5-6-10-14(12)21-19(22)27/h5-7,10,13,15H,1-4,8-9,11H2,(H,20,23)(H,21,27)(H,25,26). The van der Waals surface area contributed by atoms with Crippen molar-refractivity contribution in [2.45, 2.75) is 51.1 Å². The van der Waals surface area contributed by atoms with Crippen LogP contribution in [0.25, 0.3) is 10.9 Å². The molecular weight excluding hydrogens is 350 g/mol. The maximum atomic E-state index is 12.5. The lowest BCUT2D eigenvalue weighted by molar-refractivity contribution is -0.143. The van der Waals surface area contributed by atoms with E-state index in [2.05, 4.69) is 10.3 Å². The first-order chi connectivity index (χ1) is 13.0. The molecule has 1 fully saturated rings. The number of H-pyrrole nitrogens is 1. The van der Waals surface area contributed by atoms with Gasteiger partial charge in [0.05, 0.1) is 16.8 Å². The predicted octanol–water partition coefficient (Wildman–Crippen LogP) is 1.23. The third-order valence-corrected chi connectivity index (χ3v) is 5.12. The SMILES string of the molecule is O=C(Cn1c(=O)[nH]c2ccccc2c1=O)NC1CCCCCCC1C(=O)O. The third-order valence-electron chi connectivity index (χ3n) is 5.12. The number of carbonyl (C=O) groups is 2. The van der Waals surface area contributed by atoms with Gasteiger partial charge in [-0.05, 0) is 25.0 Å². The van der Waals surface area contributed by atoms with E-state index in [1.54, 1.807) is 24.3 Å². The molecule has 1 heterocycles. The first-order valence-electron chi connectivity index (χ1n) is 9.21. The molecule has 27 heavy (non-hydrogen) atoms. The van der Waals surface area contributed by atoms with Crippen LogP contribution in [0.15, 0.2) is 33.9 Å². The highest BCUT2D eigenvalue weighted by atomic mass is 16.4. The van der Waals surface area contributed by atoms with Gasteiger partial charge < -0.3 is 15.4 Å². The zero-order valence-electron chi connectivity index (χ0n) is 14.9. The molecular formula is C19H23N3O5. The molecule has 1 aliphatic carbocycles. The largest absolute Gasteiger partial charge is 0.481 e. The highest BCUT2D eigenvalue weighted by molar-refractivity contribution is 5.79. The van der Waals surface area contributed by atoms with Crippen molar-refractivity contribution in [1.82, 2.24) is 14.9 Å². The molecule has 0 bridgehead atoms. The molecule has 2 aromatic rings. The lowest BCUT2D eigenvalue weighted by Gasteiger charge is -2.27. The summed E-state index contributed by atoms with van der Waals surface area (Å²) in [5.74, 6) is -2.11. The van der Waals surface area contributed by atoms with E-state index < -0.39 is 41.6 Å². The van der Waals surface area contributed by atoms with E-state index in [1.807, 2.05) is 0 Å². The summed E-state index contributed by atoms with van der Waals surface area (Å²) in [6.45, 7) is -0.443. The Bertz CT molecular complexity index is 962. The van der Waals surface area contributed by atoms with Crippen LogP contribution in [0.1, 0.15) is 38.5 Å². The summed E-state index contributed by atoms with van der Waals surface area (Å²) in [7, 11) is 0. The molecule has 1 aromatic carbocycles. The monoisotopic (exact) mass is 373 g/mol. The Hall–Kier alpha value is -2.90. The average Bonchev–Trinajstić information content (AvgIpc) is 2.60. The summed E-state index contributed by atoms with van der Waals surface area (Å²) in [5.41, 5.74) is -0.798. The van der Waals surface area contributed by atoms with Gasteiger partial charge >= 0.3 is 11.7 Å². The van der Waals surface area contributed by atoms with Crippen molar-refractivity contribution in [2.75, 3.05) is 0 Å². The van der Waals surface area contributed by atoms with Crippen molar-refractivity contribution < 1.29 is 14.7 Å². The van der Waals surface area contributed by atoms with Crippen LogP contribution in [0.3, 0.4) is 0 Å². The summed E-state index contributed by atoms with van der Waals surface area (Å²) in [6, 6.07) is 6.09. The minimum Gasteiger partial charge on any atom is -0.481 e. The second kappa shape index (κ2) is 8.20. The van der Waals surface area contributed by atoms with Gasteiger partial charge in [-0.3, -0.25) is 19.0 Å². The average molecular weight is 373 g/mol. The molecule has 144 valence electrons. The quantitative estimate of drug-likeness (QED) is 0.744. The van der Waals surface area contributed by atoms with Crippen LogP contribution in [-0.2, 0) is 16.1 Å². The number of rotatable bonds is 4. The molecule has 2 unspecified atom stereocenters. The number of hydrogen-bond donors (Lipinski definition) is 3. The van der Waals surface area contributed by atoms with Crippen molar-refractivity contribution in [3.05, 3.63) is 45.1 Å². The predicted molar refractivity (Wildman–Crippen MR) is 99.6 cm³/mol. The molecule has 1 aromatic heterocycles. The van der Waals surface area contributed by atoms with Gasteiger partial charge in [0.1, 0.15) is 6.54 Å². The van der Waals surface area contributed by atoms with E-state index in [-0.39, 0.29) is 0 Å². The number of carboxylic acid groups (broad SMARTS) is 1. The fourth-order valence-electron chi connectivity index (χ4n) is 3.69. The van der Waals surface area contributed by atoms with Crippen LogP contribution in [-0.4, -0.2) is 32.6 Å².